The van der Waals surface area contributed by atoms with Crippen molar-refractivity contribution in [2.45, 2.75) is 19.4 Å². The molecule has 0 aliphatic heterocycles. The van der Waals surface area contributed by atoms with Crippen LogP contribution < -0.4 is 0 Å². The SMILES string of the molecule is COCCOCCCCn1c(=S)[nH]c2c(F)cc(F)cc21. The maximum Gasteiger partial charge on any atom is 0.178 e. The lowest BCUT2D eigenvalue weighted by atomic mass is 10.2. The van der Waals surface area contributed by atoms with Crippen molar-refractivity contribution < 1.29 is 18.3 Å². The van der Waals surface area contributed by atoms with Crippen LogP contribution in [0, 0.1) is 16.4 Å². The van der Waals surface area contributed by atoms with Gasteiger partial charge in [0.05, 0.1) is 18.7 Å². The molecule has 116 valence electrons. The number of aromatic nitrogens is 2. The third-order valence-electron chi connectivity index (χ3n) is 3.15. The summed E-state index contributed by atoms with van der Waals surface area (Å²) in [5.41, 5.74) is 0.704. The Balaban J connectivity index is 1.96. The largest absolute Gasteiger partial charge is 0.382 e. The Morgan fingerprint density at radius 3 is 2.76 bits per heavy atom. The fourth-order valence-corrected chi connectivity index (χ4v) is 2.41. The van der Waals surface area contributed by atoms with Gasteiger partial charge in [-0.05, 0) is 31.1 Å². The first-order chi connectivity index (χ1) is 10.1. The third kappa shape index (κ3) is 4.09. The van der Waals surface area contributed by atoms with Crippen LogP contribution in [0.3, 0.4) is 0 Å². The van der Waals surface area contributed by atoms with Gasteiger partial charge in [-0.3, -0.25) is 0 Å². The number of fused-ring (bicyclic) bond motifs is 1. The van der Waals surface area contributed by atoms with Gasteiger partial charge in [0.15, 0.2) is 10.6 Å². The van der Waals surface area contributed by atoms with E-state index in [4.69, 9.17) is 21.7 Å². The van der Waals surface area contributed by atoms with Gasteiger partial charge >= 0.3 is 0 Å². The molecule has 0 radical (unpaired) electrons. The first kappa shape index (κ1) is 16.1. The Morgan fingerprint density at radius 1 is 1.19 bits per heavy atom. The van der Waals surface area contributed by atoms with Gasteiger partial charge < -0.3 is 19.0 Å². The fourth-order valence-electron chi connectivity index (χ4n) is 2.12. The van der Waals surface area contributed by atoms with Crippen molar-refractivity contribution in [2.24, 2.45) is 0 Å². The molecule has 0 aliphatic rings. The first-order valence-corrected chi connectivity index (χ1v) is 7.18. The van der Waals surface area contributed by atoms with Crippen LogP contribution in [0.1, 0.15) is 12.8 Å². The molecule has 4 nitrogen and oxygen atoms in total. The van der Waals surface area contributed by atoms with E-state index in [9.17, 15) is 8.78 Å². The van der Waals surface area contributed by atoms with E-state index >= 15 is 0 Å². The predicted octanol–water partition coefficient (Wildman–Crippen LogP) is 3.42. The van der Waals surface area contributed by atoms with Crippen LogP contribution in [0.4, 0.5) is 8.78 Å². The van der Waals surface area contributed by atoms with Crippen LogP contribution in [0.15, 0.2) is 12.1 Å². The number of methoxy groups -OCH3 is 1. The molecule has 21 heavy (non-hydrogen) atoms. The van der Waals surface area contributed by atoms with Crippen molar-refractivity contribution in [3.63, 3.8) is 0 Å². The quantitative estimate of drug-likeness (QED) is 0.599. The van der Waals surface area contributed by atoms with E-state index in [0.717, 1.165) is 18.9 Å². The standard InChI is InChI=1S/C14H18F2N2O2S/c1-19-6-7-20-5-3-2-4-18-12-9-10(15)8-11(16)13(12)17-14(18)21/h8-9H,2-7H2,1H3,(H,17,21). The normalized spacial score (nSPS) is 11.4. The molecule has 0 saturated heterocycles. The van der Waals surface area contributed by atoms with E-state index in [1.54, 1.807) is 11.7 Å². The zero-order valence-electron chi connectivity index (χ0n) is 11.8. The molecule has 0 unspecified atom stereocenters. The topological polar surface area (TPSA) is 39.2 Å². The van der Waals surface area contributed by atoms with Crippen LogP contribution in [-0.2, 0) is 16.0 Å². The van der Waals surface area contributed by atoms with E-state index in [1.807, 2.05) is 0 Å². The summed E-state index contributed by atoms with van der Waals surface area (Å²) >= 11 is 5.16. The highest BCUT2D eigenvalue weighted by molar-refractivity contribution is 7.71. The van der Waals surface area contributed by atoms with Gasteiger partial charge in [0.2, 0.25) is 0 Å². The third-order valence-corrected chi connectivity index (χ3v) is 3.48. The summed E-state index contributed by atoms with van der Waals surface area (Å²) in [6.07, 6.45) is 1.66. The summed E-state index contributed by atoms with van der Waals surface area (Å²) < 4.78 is 39.3. The molecule has 0 amide bonds. The monoisotopic (exact) mass is 316 g/mol. The number of aryl methyl sites for hydroxylation is 1. The van der Waals surface area contributed by atoms with Gasteiger partial charge in [0.1, 0.15) is 11.3 Å². The molecule has 0 fully saturated rings. The molecular formula is C14H18F2N2O2S. The number of imidazole rings is 1. The van der Waals surface area contributed by atoms with E-state index < -0.39 is 11.6 Å². The maximum absolute atomic E-state index is 13.6. The Bertz CT molecular complexity index is 654. The van der Waals surface area contributed by atoms with Crippen molar-refractivity contribution in [3.05, 3.63) is 28.5 Å². The number of halogens is 2. The van der Waals surface area contributed by atoms with Crippen molar-refractivity contribution in [2.75, 3.05) is 26.9 Å². The molecule has 2 aromatic rings. The van der Waals surface area contributed by atoms with Gasteiger partial charge in [-0.1, -0.05) is 0 Å². The van der Waals surface area contributed by atoms with Crippen molar-refractivity contribution in [1.82, 2.24) is 9.55 Å². The lowest BCUT2D eigenvalue weighted by molar-refractivity contribution is 0.0684. The maximum atomic E-state index is 13.6. The van der Waals surface area contributed by atoms with Crippen LogP contribution in [0.2, 0.25) is 0 Å². The second-order valence-corrected chi connectivity index (χ2v) is 5.06. The first-order valence-electron chi connectivity index (χ1n) is 6.77. The molecule has 0 aliphatic carbocycles. The molecule has 0 atom stereocenters. The number of aromatic amines is 1. The van der Waals surface area contributed by atoms with E-state index in [0.29, 0.717) is 36.7 Å². The smallest absolute Gasteiger partial charge is 0.178 e. The lowest BCUT2D eigenvalue weighted by Gasteiger charge is -2.06. The number of ether oxygens (including phenoxy) is 2. The molecule has 7 heteroatoms. The number of unbranched alkanes of at least 4 members (excludes halogenated alkanes) is 1. The minimum absolute atomic E-state index is 0.248. The van der Waals surface area contributed by atoms with Gasteiger partial charge in [-0.2, -0.15) is 0 Å². The van der Waals surface area contributed by atoms with E-state index in [-0.39, 0.29) is 5.52 Å². The molecule has 2 rings (SSSR count). The van der Waals surface area contributed by atoms with E-state index in [1.165, 1.54) is 6.07 Å². The predicted molar refractivity (Wildman–Crippen MR) is 79.0 cm³/mol. The van der Waals surface area contributed by atoms with Crippen LogP contribution >= 0.6 is 12.2 Å². The Morgan fingerprint density at radius 2 is 2.00 bits per heavy atom. The summed E-state index contributed by atoms with van der Waals surface area (Å²) in [6, 6.07) is 2.14. The number of hydrogen-bond acceptors (Lipinski definition) is 3. The number of hydrogen-bond donors (Lipinski definition) is 1. The van der Waals surface area contributed by atoms with Crippen molar-refractivity contribution >= 4 is 23.3 Å². The van der Waals surface area contributed by atoms with Gasteiger partial charge in [-0.25, -0.2) is 8.78 Å². The average molecular weight is 316 g/mol. The summed E-state index contributed by atoms with van der Waals surface area (Å²) in [5, 5.41) is 0. The number of rotatable bonds is 8. The molecule has 1 aromatic carbocycles. The molecule has 0 saturated carbocycles. The molecule has 1 heterocycles. The summed E-state index contributed by atoms with van der Waals surface area (Å²) in [6.45, 7) is 2.36. The summed E-state index contributed by atoms with van der Waals surface area (Å²) in [5.74, 6) is -1.23. The Labute approximate surface area is 126 Å². The molecule has 1 aromatic heterocycles. The second kappa shape index (κ2) is 7.63. The summed E-state index contributed by atoms with van der Waals surface area (Å²) in [4.78, 5) is 2.78. The summed E-state index contributed by atoms with van der Waals surface area (Å²) in [7, 11) is 1.63. The van der Waals surface area contributed by atoms with Crippen LogP contribution in [0.5, 0.6) is 0 Å². The van der Waals surface area contributed by atoms with Crippen LogP contribution in [0.25, 0.3) is 11.0 Å². The van der Waals surface area contributed by atoms with Crippen LogP contribution in [-0.4, -0.2) is 36.5 Å². The highest BCUT2D eigenvalue weighted by Gasteiger charge is 2.10. The number of nitrogens with zero attached hydrogens (tertiary/aromatic N) is 1. The Hall–Kier alpha value is -1.31. The lowest BCUT2D eigenvalue weighted by Crippen LogP contribution is -2.04. The number of nitrogens with one attached hydrogen (secondary N) is 1. The van der Waals surface area contributed by atoms with Gasteiger partial charge in [0, 0.05) is 26.3 Å². The fraction of sp³-hybridized carbons (Fsp3) is 0.500. The van der Waals surface area contributed by atoms with Crippen molar-refractivity contribution in [1.29, 1.82) is 0 Å². The molecule has 1 N–H and O–H groups in total. The Kier molecular flexibility index (Phi) is 5.84. The zero-order chi connectivity index (χ0) is 15.2. The van der Waals surface area contributed by atoms with Crippen molar-refractivity contribution in [3.8, 4) is 0 Å². The molecular weight excluding hydrogens is 298 g/mol. The highest BCUT2D eigenvalue weighted by Crippen LogP contribution is 2.20. The molecule has 0 bridgehead atoms. The zero-order valence-corrected chi connectivity index (χ0v) is 12.6. The molecule has 0 spiro atoms. The minimum Gasteiger partial charge on any atom is -0.382 e. The number of H-pyrrole nitrogens is 1. The second-order valence-electron chi connectivity index (χ2n) is 4.68. The van der Waals surface area contributed by atoms with Gasteiger partial charge in [0.25, 0.3) is 0 Å². The highest BCUT2D eigenvalue weighted by atomic mass is 32.1. The average Bonchev–Trinajstić information content (AvgIpc) is 2.75. The van der Waals surface area contributed by atoms with E-state index in [2.05, 4.69) is 4.98 Å². The minimum atomic E-state index is -0.627. The number of benzene rings is 1. The van der Waals surface area contributed by atoms with Gasteiger partial charge in [-0.15, -0.1) is 0 Å².